The molecule has 0 aliphatic carbocycles. The van der Waals surface area contributed by atoms with Crippen LogP contribution in [0, 0.1) is 0 Å². The van der Waals surface area contributed by atoms with E-state index in [1.807, 2.05) is 18.2 Å². The number of benzene rings is 1. The molecule has 0 spiro atoms. The number of hydrogen-bond acceptors (Lipinski definition) is 6. The number of esters is 1. The van der Waals surface area contributed by atoms with Crippen LogP contribution in [0.2, 0.25) is 5.02 Å². The Balaban J connectivity index is 2.07. The third kappa shape index (κ3) is 3.65. The molecule has 1 aromatic rings. The molecule has 0 bridgehead atoms. The van der Waals surface area contributed by atoms with Crippen LogP contribution in [0.5, 0.6) is 0 Å². The fourth-order valence-corrected chi connectivity index (χ4v) is 4.19. The Bertz CT molecular complexity index is 793. The van der Waals surface area contributed by atoms with Crippen molar-refractivity contribution in [1.29, 1.82) is 0 Å². The van der Waals surface area contributed by atoms with Gasteiger partial charge >= 0.3 is 5.97 Å². The summed E-state index contributed by atoms with van der Waals surface area (Å²) >= 11 is 7.90. The summed E-state index contributed by atoms with van der Waals surface area (Å²) in [7, 11) is 1.53. The molecule has 1 saturated heterocycles. The molecule has 8 heteroatoms. The summed E-state index contributed by atoms with van der Waals surface area (Å²) in [5.74, 6) is 0.0716. The second-order valence-corrected chi connectivity index (χ2v) is 7.28. The molecule has 6 nitrogen and oxygen atoms in total. The number of carbonyl (C=O) groups is 2. The Hall–Kier alpha value is -1.83. The van der Waals surface area contributed by atoms with E-state index in [4.69, 9.17) is 21.1 Å². The van der Waals surface area contributed by atoms with Crippen molar-refractivity contribution in [3.8, 4) is 0 Å². The maximum absolute atomic E-state index is 12.8. The number of nitrogens with zero attached hydrogens (tertiary/aromatic N) is 2. The van der Waals surface area contributed by atoms with Crippen LogP contribution in [-0.4, -0.2) is 48.0 Å². The Morgan fingerprint density at radius 3 is 2.88 bits per heavy atom. The van der Waals surface area contributed by atoms with Crippen LogP contribution in [0.4, 0.5) is 0 Å². The number of aliphatic imine (C=N–C) groups is 1. The Labute approximate surface area is 161 Å². The normalized spacial score (nSPS) is 20.0. The van der Waals surface area contributed by atoms with Crippen molar-refractivity contribution in [3.05, 3.63) is 46.1 Å². The minimum absolute atomic E-state index is 0.0814. The highest BCUT2D eigenvalue weighted by molar-refractivity contribution is 8.14. The Kier molecular flexibility index (Phi) is 6.01. The number of hydrogen-bond donors (Lipinski definition) is 0. The second kappa shape index (κ2) is 8.24. The average molecular weight is 395 g/mol. The molecule has 26 heavy (non-hydrogen) atoms. The summed E-state index contributed by atoms with van der Waals surface area (Å²) in [6.07, 6.45) is 0.385. The van der Waals surface area contributed by atoms with Gasteiger partial charge in [0.15, 0.2) is 5.17 Å². The molecule has 2 heterocycles. The first-order chi connectivity index (χ1) is 12.5. The van der Waals surface area contributed by atoms with E-state index in [0.717, 1.165) is 0 Å². The zero-order valence-electron chi connectivity index (χ0n) is 14.5. The summed E-state index contributed by atoms with van der Waals surface area (Å²) in [6, 6.07) is 6.55. The highest BCUT2D eigenvalue weighted by atomic mass is 35.5. The molecular formula is C18H19ClN2O4S. The molecule has 1 aromatic carbocycles. The lowest BCUT2D eigenvalue weighted by Crippen LogP contribution is -2.46. The van der Waals surface area contributed by atoms with Gasteiger partial charge in [0.2, 0.25) is 5.91 Å². The highest BCUT2D eigenvalue weighted by Crippen LogP contribution is 2.42. The van der Waals surface area contributed by atoms with E-state index in [-0.39, 0.29) is 12.5 Å². The first-order valence-electron chi connectivity index (χ1n) is 8.19. The van der Waals surface area contributed by atoms with Gasteiger partial charge in [0.25, 0.3) is 0 Å². The number of rotatable bonds is 5. The topological polar surface area (TPSA) is 68.2 Å². The van der Waals surface area contributed by atoms with Crippen LogP contribution in [0.25, 0.3) is 0 Å². The largest absolute Gasteiger partial charge is 0.460 e. The lowest BCUT2D eigenvalue weighted by atomic mass is 9.94. The van der Waals surface area contributed by atoms with Gasteiger partial charge in [0.1, 0.15) is 6.61 Å². The summed E-state index contributed by atoms with van der Waals surface area (Å²) in [6.45, 7) is 2.17. The molecule has 0 unspecified atom stereocenters. The van der Waals surface area contributed by atoms with Gasteiger partial charge in [-0.3, -0.25) is 9.69 Å². The number of amides is 1. The number of ether oxygens (including phenoxy) is 2. The van der Waals surface area contributed by atoms with Crippen molar-refractivity contribution in [2.45, 2.75) is 19.4 Å². The van der Waals surface area contributed by atoms with Crippen molar-refractivity contribution in [2.75, 3.05) is 26.1 Å². The predicted octanol–water partition coefficient (Wildman–Crippen LogP) is 3.18. The lowest BCUT2D eigenvalue weighted by Gasteiger charge is -2.39. The van der Waals surface area contributed by atoms with Gasteiger partial charge in [0, 0.05) is 24.3 Å². The third-order valence-corrected chi connectivity index (χ3v) is 5.45. The molecule has 0 radical (unpaired) electrons. The first kappa shape index (κ1) is 18.9. The maximum atomic E-state index is 12.8. The number of methoxy groups -OCH3 is 1. The first-order valence-corrected chi connectivity index (χ1v) is 9.55. The summed E-state index contributed by atoms with van der Waals surface area (Å²) in [4.78, 5) is 31.5. The van der Waals surface area contributed by atoms with E-state index in [2.05, 4.69) is 4.99 Å². The molecule has 138 valence electrons. The number of halogens is 1. The molecular weight excluding hydrogens is 376 g/mol. The summed E-state index contributed by atoms with van der Waals surface area (Å²) in [5, 5.41) is 1.08. The zero-order chi connectivity index (χ0) is 18.7. The second-order valence-electron chi connectivity index (χ2n) is 5.81. The van der Waals surface area contributed by atoms with Crippen molar-refractivity contribution >= 4 is 40.4 Å². The lowest BCUT2D eigenvalue weighted by molar-refractivity contribution is -0.141. The van der Waals surface area contributed by atoms with Crippen molar-refractivity contribution in [1.82, 2.24) is 4.90 Å². The van der Waals surface area contributed by atoms with Crippen molar-refractivity contribution in [2.24, 2.45) is 4.99 Å². The van der Waals surface area contributed by atoms with Gasteiger partial charge in [-0.15, -0.1) is 0 Å². The van der Waals surface area contributed by atoms with Gasteiger partial charge in [-0.1, -0.05) is 41.6 Å². The standard InChI is InChI=1S/C18H19ClN2O4S/c1-11-15(17(23)25-9-8-24-2)16(12-5-3-4-6-13(12)19)21-14(22)7-10-26-18(21)20-11/h3-6,16H,7-10H2,1-2H3/t16-/m1/s1. The number of amidine groups is 1. The molecule has 3 rings (SSSR count). The molecule has 0 N–H and O–H groups in total. The van der Waals surface area contributed by atoms with Crippen LogP contribution >= 0.6 is 23.4 Å². The molecule has 1 amide bonds. The minimum atomic E-state index is -0.647. The number of thioether (sulfide) groups is 1. The SMILES string of the molecule is COCCOC(=O)C1=C(C)N=C2SCCC(=O)N2[C@@H]1c1ccccc1Cl. The summed E-state index contributed by atoms with van der Waals surface area (Å²) in [5.41, 5.74) is 1.54. The number of allylic oxidation sites excluding steroid dienone is 1. The molecule has 0 aromatic heterocycles. The molecule has 1 fully saturated rings. The van der Waals surface area contributed by atoms with Crippen LogP contribution < -0.4 is 0 Å². The highest BCUT2D eigenvalue weighted by Gasteiger charge is 2.42. The monoisotopic (exact) mass is 394 g/mol. The van der Waals surface area contributed by atoms with Gasteiger partial charge in [0.05, 0.1) is 23.9 Å². The smallest absolute Gasteiger partial charge is 0.338 e. The molecule has 0 saturated carbocycles. The van der Waals surface area contributed by atoms with Crippen LogP contribution in [-0.2, 0) is 19.1 Å². The van der Waals surface area contributed by atoms with Crippen molar-refractivity contribution in [3.63, 3.8) is 0 Å². The maximum Gasteiger partial charge on any atom is 0.338 e. The van der Waals surface area contributed by atoms with Gasteiger partial charge in [-0.2, -0.15) is 0 Å². The summed E-state index contributed by atoms with van der Waals surface area (Å²) < 4.78 is 10.3. The minimum Gasteiger partial charge on any atom is -0.460 e. The number of carbonyl (C=O) groups excluding carboxylic acids is 2. The van der Waals surface area contributed by atoms with Crippen LogP contribution in [0.3, 0.4) is 0 Å². The molecule has 2 aliphatic rings. The van der Waals surface area contributed by atoms with E-state index < -0.39 is 12.0 Å². The van der Waals surface area contributed by atoms with Crippen LogP contribution in [0.15, 0.2) is 40.5 Å². The van der Waals surface area contributed by atoms with E-state index >= 15 is 0 Å². The van der Waals surface area contributed by atoms with E-state index in [1.54, 1.807) is 17.9 Å². The fraction of sp³-hybridized carbons (Fsp3) is 0.389. The quantitative estimate of drug-likeness (QED) is 0.566. The average Bonchev–Trinajstić information content (AvgIpc) is 2.61. The van der Waals surface area contributed by atoms with E-state index in [9.17, 15) is 9.59 Å². The van der Waals surface area contributed by atoms with Crippen LogP contribution in [0.1, 0.15) is 24.9 Å². The van der Waals surface area contributed by atoms with Crippen molar-refractivity contribution < 1.29 is 19.1 Å². The fourth-order valence-electron chi connectivity index (χ4n) is 2.94. The Morgan fingerprint density at radius 2 is 2.15 bits per heavy atom. The zero-order valence-corrected chi connectivity index (χ0v) is 16.1. The van der Waals surface area contributed by atoms with Gasteiger partial charge in [-0.05, 0) is 18.6 Å². The molecule has 2 aliphatic heterocycles. The number of fused-ring (bicyclic) bond motifs is 1. The third-order valence-electron chi connectivity index (χ3n) is 4.15. The van der Waals surface area contributed by atoms with E-state index in [1.165, 1.54) is 18.9 Å². The van der Waals surface area contributed by atoms with Gasteiger partial charge < -0.3 is 9.47 Å². The van der Waals surface area contributed by atoms with E-state index in [0.29, 0.717) is 45.8 Å². The Morgan fingerprint density at radius 1 is 1.38 bits per heavy atom. The van der Waals surface area contributed by atoms with Gasteiger partial charge in [-0.25, -0.2) is 9.79 Å². The predicted molar refractivity (Wildman–Crippen MR) is 101 cm³/mol. The molecule has 1 atom stereocenters.